The van der Waals surface area contributed by atoms with Gasteiger partial charge in [-0.2, -0.15) is 0 Å². The van der Waals surface area contributed by atoms with Gasteiger partial charge in [0.25, 0.3) is 0 Å². The molecule has 1 fully saturated rings. The van der Waals surface area contributed by atoms with Crippen molar-refractivity contribution in [2.45, 2.75) is 6.54 Å². The average Bonchev–Trinajstić information content (AvgIpc) is 2.75. The summed E-state index contributed by atoms with van der Waals surface area (Å²) in [7, 11) is 3.93. The average molecular weight is 444 g/mol. The summed E-state index contributed by atoms with van der Waals surface area (Å²) in [5, 5.41) is 6.15. The predicted octanol–water partition coefficient (Wildman–Crippen LogP) is 2.40. The molecular weight excluding hydrogens is 418 g/mol. The second-order valence-corrected chi connectivity index (χ2v) is 7.95. The van der Waals surface area contributed by atoms with Crippen LogP contribution in [0.25, 0.3) is 0 Å². The number of carbonyl (C=O) groups excluding carboxylic acids is 3. The highest BCUT2D eigenvalue weighted by molar-refractivity contribution is 6.30. The molecule has 1 heterocycles. The predicted molar refractivity (Wildman–Crippen MR) is 121 cm³/mol. The van der Waals surface area contributed by atoms with Crippen LogP contribution >= 0.6 is 11.6 Å². The van der Waals surface area contributed by atoms with Crippen LogP contribution in [0.5, 0.6) is 0 Å². The number of benzene rings is 2. The molecule has 164 valence electrons. The SMILES string of the molecule is CN(C)c1ccc(CNC(=O)CN2CCN(C(=O)Nc3ccc(Cl)cc3)CC2=O)cc1. The van der Waals surface area contributed by atoms with Gasteiger partial charge < -0.3 is 25.3 Å². The molecule has 1 aliphatic heterocycles. The van der Waals surface area contributed by atoms with Crippen molar-refractivity contribution < 1.29 is 14.4 Å². The molecule has 0 unspecified atom stereocenters. The summed E-state index contributed by atoms with van der Waals surface area (Å²) in [5.74, 6) is -0.493. The first-order valence-corrected chi connectivity index (χ1v) is 10.3. The topological polar surface area (TPSA) is 85.0 Å². The molecule has 2 aromatic rings. The molecular formula is C22H26ClN5O3. The van der Waals surface area contributed by atoms with E-state index >= 15 is 0 Å². The number of amides is 4. The lowest BCUT2D eigenvalue weighted by Crippen LogP contribution is -2.55. The first kappa shape index (κ1) is 22.4. The van der Waals surface area contributed by atoms with Crippen molar-refractivity contribution in [2.24, 2.45) is 0 Å². The lowest BCUT2D eigenvalue weighted by molar-refractivity contribution is -0.139. The lowest BCUT2D eigenvalue weighted by atomic mass is 10.2. The summed E-state index contributed by atoms with van der Waals surface area (Å²) >= 11 is 5.84. The number of rotatable bonds is 6. The third-order valence-electron chi connectivity index (χ3n) is 4.98. The summed E-state index contributed by atoms with van der Waals surface area (Å²) in [5.41, 5.74) is 2.66. The second kappa shape index (κ2) is 10.2. The Morgan fingerprint density at radius 3 is 2.32 bits per heavy atom. The molecule has 0 aromatic heterocycles. The molecule has 0 saturated carbocycles. The Labute approximate surface area is 186 Å². The molecule has 31 heavy (non-hydrogen) atoms. The van der Waals surface area contributed by atoms with Crippen molar-refractivity contribution in [3.8, 4) is 0 Å². The van der Waals surface area contributed by atoms with E-state index in [0.717, 1.165) is 11.3 Å². The van der Waals surface area contributed by atoms with Crippen molar-refractivity contribution in [3.05, 3.63) is 59.1 Å². The number of hydrogen-bond donors (Lipinski definition) is 2. The van der Waals surface area contributed by atoms with E-state index in [9.17, 15) is 14.4 Å². The van der Waals surface area contributed by atoms with Crippen molar-refractivity contribution >= 4 is 40.8 Å². The number of nitrogens with one attached hydrogen (secondary N) is 2. The van der Waals surface area contributed by atoms with Gasteiger partial charge in [-0.05, 0) is 42.0 Å². The zero-order valence-electron chi connectivity index (χ0n) is 17.6. The summed E-state index contributed by atoms with van der Waals surface area (Å²) in [6, 6.07) is 14.3. The molecule has 4 amide bonds. The molecule has 1 saturated heterocycles. The highest BCUT2D eigenvalue weighted by Crippen LogP contribution is 2.15. The maximum Gasteiger partial charge on any atom is 0.322 e. The van der Waals surface area contributed by atoms with Gasteiger partial charge >= 0.3 is 6.03 Å². The summed E-state index contributed by atoms with van der Waals surface area (Å²) in [6.07, 6.45) is 0. The van der Waals surface area contributed by atoms with Crippen LogP contribution in [0, 0.1) is 0 Å². The number of piperazine rings is 1. The van der Waals surface area contributed by atoms with E-state index in [0.29, 0.717) is 30.3 Å². The first-order valence-electron chi connectivity index (χ1n) is 9.94. The Hall–Kier alpha value is -3.26. The standard InChI is InChI=1S/C22H26ClN5O3/c1-26(2)19-9-3-16(4-10-19)13-24-20(29)14-27-11-12-28(15-21(27)30)22(31)25-18-7-5-17(23)6-8-18/h3-10H,11-15H2,1-2H3,(H,24,29)(H,25,31). The quantitative estimate of drug-likeness (QED) is 0.718. The zero-order valence-corrected chi connectivity index (χ0v) is 18.4. The van der Waals surface area contributed by atoms with Gasteiger partial charge in [0.1, 0.15) is 6.54 Å². The minimum Gasteiger partial charge on any atom is -0.378 e. The maximum atomic E-state index is 12.4. The highest BCUT2D eigenvalue weighted by Gasteiger charge is 2.28. The van der Waals surface area contributed by atoms with Crippen LogP contribution in [0.1, 0.15) is 5.56 Å². The summed E-state index contributed by atoms with van der Waals surface area (Å²) < 4.78 is 0. The molecule has 0 bridgehead atoms. The van der Waals surface area contributed by atoms with Crippen LogP contribution < -0.4 is 15.5 Å². The van der Waals surface area contributed by atoms with Gasteiger partial charge in [-0.15, -0.1) is 0 Å². The minimum atomic E-state index is -0.360. The number of anilines is 2. The van der Waals surface area contributed by atoms with Gasteiger partial charge in [-0.3, -0.25) is 9.59 Å². The Morgan fingerprint density at radius 1 is 1.03 bits per heavy atom. The van der Waals surface area contributed by atoms with Gasteiger partial charge in [0.05, 0.1) is 6.54 Å². The number of hydrogen-bond acceptors (Lipinski definition) is 4. The zero-order chi connectivity index (χ0) is 22.4. The smallest absolute Gasteiger partial charge is 0.322 e. The summed E-state index contributed by atoms with van der Waals surface area (Å²) in [4.78, 5) is 42.0. The fourth-order valence-corrected chi connectivity index (χ4v) is 3.25. The largest absolute Gasteiger partial charge is 0.378 e. The molecule has 1 aliphatic rings. The van der Waals surface area contributed by atoms with E-state index in [4.69, 9.17) is 11.6 Å². The van der Waals surface area contributed by atoms with Gasteiger partial charge in [-0.1, -0.05) is 23.7 Å². The van der Waals surface area contributed by atoms with E-state index in [1.807, 2.05) is 43.3 Å². The molecule has 0 radical (unpaired) electrons. The van der Waals surface area contributed by atoms with E-state index in [-0.39, 0.29) is 30.9 Å². The van der Waals surface area contributed by atoms with E-state index in [1.54, 1.807) is 24.3 Å². The van der Waals surface area contributed by atoms with Crippen LogP contribution in [-0.4, -0.2) is 67.9 Å². The van der Waals surface area contributed by atoms with Crippen molar-refractivity contribution in [1.29, 1.82) is 0 Å². The number of urea groups is 1. The summed E-state index contributed by atoms with van der Waals surface area (Å²) in [6.45, 7) is 0.951. The van der Waals surface area contributed by atoms with Gasteiger partial charge in [0.2, 0.25) is 11.8 Å². The maximum absolute atomic E-state index is 12.4. The van der Waals surface area contributed by atoms with Crippen LogP contribution in [0.3, 0.4) is 0 Å². The van der Waals surface area contributed by atoms with E-state index in [1.165, 1.54) is 9.80 Å². The Balaban J connectivity index is 1.43. The van der Waals surface area contributed by atoms with Crippen molar-refractivity contribution in [1.82, 2.24) is 15.1 Å². The highest BCUT2D eigenvalue weighted by atomic mass is 35.5. The molecule has 3 rings (SSSR count). The second-order valence-electron chi connectivity index (χ2n) is 7.51. The van der Waals surface area contributed by atoms with Crippen LogP contribution in [0.15, 0.2) is 48.5 Å². The molecule has 2 N–H and O–H groups in total. The van der Waals surface area contributed by atoms with Crippen molar-refractivity contribution in [3.63, 3.8) is 0 Å². The molecule has 0 spiro atoms. The normalized spacial score (nSPS) is 13.7. The van der Waals surface area contributed by atoms with E-state index in [2.05, 4.69) is 10.6 Å². The Morgan fingerprint density at radius 2 is 1.71 bits per heavy atom. The molecule has 0 aliphatic carbocycles. The van der Waals surface area contributed by atoms with Gasteiger partial charge in [0, 0.05) is 50.1 Å². The fraction of sp³-hybridized carbons (Fsp3) is 0.318. The monoisotopic (exact) mass is 443 g/mol. The lowest BCUT2D eigenvalue weighted by Gasteiger charge is -2.33. The van der Waals surface area contributed by atoms with Gasteiger partial charge in [0.15, 0.2) is 0 Å². The molecule has 9 heteroatoms. The number of carbonyl (C=O) groups is 3. The third-order valence-corrected chi connectivity index (χ3v) is 5.23. The van der Waals surface area contributed by atoms with E-state index < -0.39 is 0 Å². The van der Waals surface area contributed by atoms with Crippen molar-refractivity contribution in [2.75, 3.05) is 50.5 Å². The Kier molecular flexibility index (Phi) is 7.36. The minimum absolute atomic E-state index is 0.0265. The molecule has 2 aromatic carbocycles. The third kappa shape index (κ3) is 6.36. The first-order chi connectivity index (χ1) is 14.8. The Bertz CT molecular complexity index is 931. The molecule has 0 atom stereocenters. The number of nitrogens with zero attached hydrogens (tertiary/aromatic N) is 3. The van der Waals surface area contributed by atoms with Gasteiger partial charge in [-0.25, -0.2) is 4.79 Å². The number of halogens is 1. The van der Waals surface area contributed by atoms with Crippen LogP contribution in [0.4, 0.5) is 16.2 Å². The fourth-order valence-electron chi connectivity index (χ4n) is 3.13. The van der Waals surface area contributed by atoms with Crippen LogP contribution in [-0.2, 0) is 16.1 Å². The van der Waals surface area contributed by atoms with Crippen LogP contribution in [0.2, 0.25) is 5.02 Å². The molecule has 8 nitrogen and oxygen atoms in total.